The van der Waals surface area contributed by atoms with E-state index in [0.29, 0.717) is 50.9 Å². The van der Waals surface area contributed by atoms with Crippen LogP contribution in [0.5, 0.6) is 0 Å². The summed E-state index contributed by atoms with van der Waals surface area (Å²) in [6.45, 7) is 19.1. The molecule has 0 spiro atoms. The van der Waals surface area contributed by atoms with Gasteiger partial charge in [0, 0.05) is 131 Å². The number of amides is 6. The van der Waals surface area contributed by atoms with Crippen molar-refractivity contribution < 1.29 is 76.7 Å². The Morgan fingerprint density at radius 3 is 2.04 bits per heavy atom. The number of carbonyl (C=O) groups excluding carboxylic acids is 6. The first-order valence-corrected chi connectivity index (χ1v) is 32.1. The van der Waals surface area contributed by atoms with Crippen molar-refractivity contribution in [3.63, 3.8) is 0 Å². The fourth-order valence-corrected chi connectivity index (χ4v) is 16.6. The van der Waals surface area contributed by atoms with Gasteiger partial charge in [-0.3, -0.25) is 57.6 Å². The number of nitrogens with one attached hydrogen (secondary N) is 3. The maximum absolute atomic E-state index is 14.4. The highest BCUT2D eigenvalue weighted by Crippen LogP contribution is 2.62. The average molecular weight is 1270 g/mol. The monoisotopic (exact) mass is 1270 g/mol. The number of hydrogen-bond donors (Lipinski definition) is 12. The van der Waals surface area contributed by atoms with Crippen LogP contribution < -0.4 is 43.9 Å². The third-order valence-electron chi connectivity index (χ3n) is 20.6. The highest BCUT2D eigenvalue weighted by atomic mass is 31.2. The zero-order valence-corrected chi connectivity index (χ0v) is 54.1. The van der Waals surface area contributed by atoms with Gasteiger partial charge in [-0.15, -0.1) is 0 Å². The molecule has 27 nitrogen and oxygen atoms in total. The van der Waals surface area contributed by atoms with Gasteiger partial charge in [-0.1, -0.05) is 34.6 Å². The molecule has 6 amide bonds. The largest absolute Gasteiger partial charge is 0.481 e. The van der Waals surface area contributed by atoms with E-state index in [0.717, 1.165) is 16.6 Å². The summed E-state index contributed by atoms with van der Waals surface area (Å²) in [4.78, 5) is 124. The number of benzene rings is 1. The number of nitrogens with zero attached hydrogens (tertiary/aromatic N) is 4. The maximum atomic E-state index is 14.4. The number of ether oxygens (including phenoxy) is 1. The predicted octanol–water partition coefficient (Wildman–Crippen LogP) is 3.18. The number of aliphatic carboxylic acids is 1. The summed E-state index contributed by atoms with van der Waals surface area (Å²) in [5, 5.41) is 38.5. The van der Waals surface area contributed by atoms with Crippen molar-refractivity contribution in [2.45, 2.75) is 189 Å². The number of aliphatic hydroxyl groups excluding tert-OH is 2. The molecule has 1 aromatic heterocycles. The standard InChI is InChI=1S/C62H89N12O15P/c1-29-20-39-40(21-30(29)2)74(28-69-39)57-52(84)53(41(27-75)87-57)89-90(85,86)88-31(3)26-68-48(81)18-19-59(8)37(22-45(65)78)56-62(11)61(10,25-47(67)80)36(14-17-49(82)83)51(73-62)33(5)55-60(9,24-46(66)79)34(12-15-43(63)76)38(70-55)23-42-58(6,7)35(13-16-44(64)77)50(71-42)32(4)54(59)72-56/h20-21,23,28,31,34-37,41,52-53,56-57,75,84H,12-19,22,24-27H2,1-11H3,(H14,63,64,65,66,67,68,70,71,72,73,76,77,78,79,80,81,82,83,85,86)/p+1. The lowest BCUT2D eigenvalue weighted by atomic mass is 9.55. The molecule has 0 aliphatic carbocycles. The van der Waals surface area contributed by atoms with Crippen LogP contribution in [0.4, 0.5) is 0 Å². The van der Waals surface area contributed by atoms with E-state index in [-0.39, 0.29) is 77.2 Å². The Morgan fingerprint density at radius 1 is 0.822 bits per heavy atom. The summed E-state index contributed by atoms with van der Waals surface area (Å²) in [5.74, 6) is -7.90. The number of aromatic amines is 1. The van der Waals surface area contributed by atoms with Crippen molar-refractivity contribution in [1.82, 2.24) is 15.6 Å². The van der Waals surface area contributed by atoms with Gasteiger partial charge in [-0.25, -0.2) is 9.55 Å². The number of allylic oxidation sites excluding steroid dienone is 6. The van der Waals surface area contributed by atoms with E-state index in [1.807, 2.05) is 66.7 Å². The lowest BCUT2D eigenvalue weighted by Crippen LogP contribution is -2.56. The number of imidazole rings is 1. The number of rotatable bonds is 26. The summed E-state index contributed by atoms with van der Waals surface area (Å²) < 4.78 is 32.3. The summed E-state index contributed by atoms with van der Waals surface area (Å²) in [6, 6.07) is 2.75. The third kappa shape index (κ3) is 13.0. The Bertz CT molecular complexity index is 3540. The van der Waals surface area contributed by atoms with Crippen molar-refractivity contribution in [3.05, 3.63) is 63.9 Å². The molecule has 6 aliphatic rings. The molecule has 2 fully saturated rings. The van der Waals surface area contributed by atoms with Crippen molar-refractivity contribution in [3.8, 4) is 0 Å². The molecule has 2 aromatic rings. The molecule has 17 N–H and O–H groups in total. The summed E-state index contributed by atoms with van der Waals surface area (Å²) in [5.41, 5.74) is 31.3. The predicted molar refractivity (Wildman–Crippen MR) is 331 cm³/mol. The fourth-order valence-electron chi connectivity index (χ4n) is 15.5. The number of nitrogens with two attached hydrogens (primary N) is 5. The fraction of sp³-hybridized carbons (Fsp3) is 0.629. The van der Waals surface area contributed by atoms with Crippen LogP contribution in [-0.2, 0) is 51.9 Å². The topological polar surface area (TPSA) is 456 Å². The van der Waals surface area contributed by atoms with E-state index >= 15 is 0 Å². The van der Waals surface area contributed by atoms with Crippen LogP contribution in [0.3, 0.4) is 0 Å². The zero-order valence-electron chi connectivity index (χ0n) is 53.2. The Balaban J connectivity index is 1.19. The number of fused-ring (bicyclic) bond motifs is 7. The second-order valence-electron chi connectivity index (χ2n) is 27.1. The molecule has 1 aromatic carbocycles. The van der Waals surface area contributed by atoms with E-state index in [2.05, 4.69) is 15.6 Å². The summed E-state index contributed by atoms with van der Waals surface area (Å²) >= 11 is 0. The van der Waals surface area contributed by atoms with Gasteiger partial charge in [0.25, 0.3) is 0 Å². The van der Waals surface area contributed by atoms with E-state index in [9.17, 15) is 58.3 Å². The second kappa shape index (κ2) is 25.6. The van der Waals surface area contributed by atoms with Gasteiger partial charge in [0.2, 0.25) is 48.0 Å². The lowest BCUT2D eigenvalue weighted by molar-refractivity contribution is -0.743. The van der Waals surface area contributed by atoms with Crippen LogP contribution in [0.1, 0.15) is 150 Å². The van der Waals surface area contributed by atoms with E-state index < -0.39 is 143 Å². The minimum absolute atomic E-state index is 0.0257. The molecule has 6 aliphatic heterocycles. The number of H-pyrrole nitrogens is 1. The number of carboxylic acids is 1. The number of carbonyl (C=O) groups is 7. The van der Waals surface area contributed by atoms with Crippen molar-refractivity contribution in [2.75, 3.05) is 13.2 Å². The SMILES string of the molecule is CC1=C2N=C(C=C3NC(=C(C)C4=NC(C)(C5N=C1C(C)(CCC(=O)NCC(C)OP(=O)(O)OC1C(CO)OC([n+]6c[nH]c7cc(C)c(C)cc76)C1O)C5CC(N)=O)C(C)(CC(N)=O)C4CCC(=O)O)C(C)(CC(N)=O)C3CCC(N)=O)C(C)(C)C2CCC(N)=O. The van der Waals surface area contributed by atoms with Crippen molar-refractivity contribution in [2.24, 2.45) is 89.0 Å². The second-order valence-corrected chi connectivity index (χ2v) is 28.4. The van der Waals surface area contributed by atoms with Gasteiger partial charge < -0.3 is 64.3 Å². The number of aromatic nitrogens is 2. The van der Waals surface area contributed by atoms with Crippen molar-refractivity contribution >= 4 is 77.4 Å². The van der Waals surface area contributed by atoms with Crippen LogP contribution in [0, 0.1) is 59.2 Å². The zero-order chi connectivity index (χ0) is 66.7. The average Bonchev–Trinajstić information content (AvgIpc) is 1.53. The van der Waals surface area contributed by atoms with Crippen LogP contribution >= 0.6 is 7.82 Å². The van der Waals surface area contributed by atoms with Gasteiger partial charge in [0.05, 0.1) is 24.3 Å². The molecule has 8 rings (SSSR count). The minimum atomic E-state index is -5.07. The van der Waals surface area contributed by atoms with Crippen LogP contribution in [-0.4, -0.2) is 133 Å². The molecular formula is C62H90N12O15P+. The molecule has 2 saturated heterocycles. The Morgan fingerprint density at radius 2 is 1.44 bits per heavy atom. The Labute approximate surface area is 522 Å². The lowest BCUT2D eigenvalue weighted by Gasteiger charge is -2.48. The van der Waals surface area contributed by atoms with Gasteiger partial charge in [0.15, 0.2) is 11.0 Å². The number of aryl methyl sites for hydroxylation is 2. The molecule has 15 atom stereocenters. The van der Waals surface area contributed by atoms with E-state index in [1.54, 1.807) is 31.7 Å². The number of hydrogen-bond acceptors (Lipinski definition) is 17. The molecule has 15 unspecified atom stereocenters. The molecule has 28 heteroatoms. The molecular weight excluding hydrogens is 1180 g/mol. The number of phosphoric ester groups is 1. The number of primary amides is 5. The molecule has 7 heterocycles. The maximum Gasteiger partial charge on any atom is 0.472 e. The molecule has 90 heavy (non-hydrogen) atoms. The summed E-state index contributed by atoms with van der Waals surface area (Å²) in [6.07, 6.45) is -4.59. The van der Waals surface area contributed by atoms with Crippen molar-refractivity contribution in [1.29, 1.82) is 0 Å². The first-order chi connectivity index (χ1) is 41.8. The molecule has 0 saturated carbocycles. The minimum Gasteiger partial charge on any atom is -0.481 e. The summed E-state index contributed by atoms with van der Waals surface area (Å²) in [7, 11) is -5.07. The molecule has 0 radical (unpaired) electrons. The van der Waals surface area contributed by atoms with Gasteiger partial charge in [-0.05, 0) is 108 Å². The molecule has 8 bridgehead atoms. The highest BCUT2D eigenvalue weighted by Gasteiger charge is 2.66. The number of aliphatic imine (C=N–C) groups is 3. The van der Waals surface area contributed by atoms with E-state index in [1.165, 1.54) is 6.92 Å². The van der Waals surface area contributed by atoms with E-state index in [4.69, 9.17) is 57.4 Å². The van der Waals surface area contributed by atoms with Gasteiger partial charge >= 0.3 is 13.8 Å². The first-order valence-electron chi connectivity index (χ1n) is 30.6. The van der Waals surface area contributed by atoms with Gasteiger partial charge in [0.1, 0.15) is 18.3 Å². The smallest absolute Gasteiger partial charge is 0.472 e. The quantitative estimate of drug-likeness (QED) is 0.0475. The van der Waals surface area contributed by atoms with Crippen LogP contribution in [0.2, 0.25) is 0 Å². The number of phosphoric acid groups is 1. The molecule has 492 valence electrons. The third-order valence-corrected chi connectivity index (χ3v) is 21.8. The Kier molecular flexibility index (Phi) is 19.6. The van der Waals surface area contributed by atoms with Crippen LogP contribution in [0.15, 0.2) is 67.8 Å². The van der Waals surface area contributed by atoms with Crippen LogP contribution in [0.25, 0.3) is 11.0 Å². The Hall–Kier alpha value is -7.00. The highest BCUT2D eigenvalue weighted by molar-refractivity contribution is 7.47. The number of carboxylic acid groups (broad SMARTS) is 1. The number of aliphatic hydroxyl groups is 2. The van der Waals surface area contributed by atoms with Gasteiger partial charge in [-0.2, -0.15) is 4.57 Å². The first kappa shape index (κ1) is 68.9. The normalized spacial score (nSPS) is 32.0.